The van der Waals surface area contributed by atoms with E-state index in [1.165, 1.54) is 24.8 Å². The summed E-state index contributed by atoms with van der Waals surface area (Å²) < 4.78 is 6.58. The number of aliphatic hydroxyl groups excluding tert-OH is 1. The molecule has 1 aromatic rings. The molecule has 2 N–H and O–H groups in total. The summed E-state index contributed by atoms with van der Waals surface area (Å²) in [5, 5.41) is 13.2. The molecule has 1 unspecified atom stereocenters. The number of nitrogens with one attached hydrogen (secondary N) is 1. The molecule has 0 saturated heterocycles. The van der Waals surface area contributed by atoms with E-state index in [0.717, 1.165) is 17.5 Å². The van der Waals surface area contributed by atoms with E-state index in [1.807, 2.05) is 12.1 Å². The van der Waals surface area contributed by atoms with Crippen molar-refractivity contribution in [1.29, 1.82) is 0 Å². The lowest BCUT2D eigenvalue weighted by molar-refractivity contribution is 0.0343. The third-order valence-electron chi connectivity index (χ3n) is 3.48. The minimum absolute atomic E-state index is 0.220. The van der Waals surface area contributed by atoms with Crippen LogP contribution >= 0.6 is 15.9 Å². The maximum atomic E-state index is 9.90. The first-order valence-electron chi connectivity index (χ1n) is 7.88. The smallest absolute Gasteiger partial charge is 0.0897 e. The van der Waals surface area contributed by atoms with E-state index in [-0.39, 0.29) is 6.04 Å². The van der Waals surface area contributed by atoms with Crippen molar-refractivity contribution in [3.63, 3.8) is 0 Å². The number of unbranched alkanes of at least 4 members (excludes halogenated alkanes) is 3. The normalized spacial score (nSPS) is 14.1. The molecule has 0 aromatic heterocycles. The first-order chi connectivity index (χ1) is 10.1. The van der Waals surface area contributed by atoms with Crippen LogP contribution in [0, 0.1) is 0 Å². The van der Waals surface area contributed by atoms with Gasteiger partial charge in [-0.15, -0.1) is 0 Å². The molecule has 4 heteroatoms. The van der Waals surface area contributed by atoms with Crippen LogP contribution in [-0.4, -0.2) is 31.0 Å². The standard InChI is InChI=1S/C17H28BrNO2/c1-3-4-5-6-11-21-13-17(20)12-19-14(2)15-7-9-16(18)10-8-15/h7-10,14,17,19-20H,3-6,11-13H2,1-2H3/t14-,17?/m1/s1. The first kappa shape index (κ1) is 18.6. The molecule has 120 valence electrons. The average Bonchev–Trinajstić information content (AvgIpc) is 2.49. The zero-order valence-electron chi connectivity index (χ0n) is 13.1. The van der Waals surface area contributed by atoms with Gasteiger partial charge in [0, 0.05) is 23.7 Å². The second-order valence-electron chi connectivity index (χ2n) is 5.47. The molecule has 0 fully saturated rings. The fourth-order valence-electron chi connectivity index (χ4n) is 2.09. The van der Waals surface area contributed by atoms with Gasteiger partial charge in [0.25, 0.3) is 0 Å². The van der Waals surface area contributed by atoms with Crippen LogP contribution in [0.2, 0.25) is 0 Å². The van der Waals surface area contributed by atoms with Crippen LogP contribution in [0.4, 0.5) is 0 Å². The van der Waals surface area contributed by atoms with Crippen LogP contribution in [0.25, 0.3) is 0 Å². The van der Waals surface area contributed by atoms with E-state index >= 15 is 0 Å². The van der Waals surface area contributed by atoms with E-state index < -0.39 is 6.10 Å². The van der Waals surface area contributed by atoms with Crippen LogP contribution in [0.5, 0.6) is 0 Å². The van der Waals surface area contributed by atoms with Gasteiger partial charge in [0.15, 0.2) is 0 Å². The van der Waals surface area contributed by atoms with Crippen molar-refractivity contribution in [2.75, 3.05) is 19.8 Å². The van der Waals surface area contributed by atoms with E-state index in [4.69, 9.17) is 4.74 Å². The number of rotatable bonds is 11. The van der Waals surface area contributed by atoms with Gasteiger partial charge in [-0.1, -0.05) is 54.2 Å². The first-order valence-corrected chi connectivity index (χ1v) is 8.67. The zero-order chi connectivity index (χ0) is 15.5. The summed E-state index contributed by atoms with van der Waals surface area (Å²) in [5.41, 5.74) is 1.21. The summed E-state index contributed by atoms with van der Waals surface area (Å²) in [5.74, 6) is 0. The predicted octanol–water partition coefficient (Wildman–Crippen LogP) is 4.06. The lowest BCUT2D eigenvalue weighted by Gasteiger charge is -2.17. The van der Waals surface area contributed by atoms with E-state index in [1.54, 1.807) is 0 Å². The molecule has 0 bridgehead atoms. The van der Waals surface area contributed by atoms with Gasteiger partial charge < -0.3 is 15.2 Å². The van der Waals surface area contributed by atoms with Gasteiger partial charge >= 0.3 is 0 Å². The third kappa shape index (κ3) is 8.57. The fraction of sp³-hybridized carbons (Fsp3) is 0.647. The van der Waals surface area contributed by atoms with Crippen molar-refractivity contribution < 1.29 is 9.84 Å². The molecule has 2 atom stereocenters. The minimum Gasteiger partial charge on any atom is -0.389 e. The Morgan fingerprint density at radius 2 is 1.90 bits per heavy atom. The monoisotopic (exact) mass is 357 g/mol. The molecule has 0 amide bonds. The second kappa shape index (κ2) is 11.2. The molecule has 0 saturated carbocycles. The van der Waals surface area contributed by atoms with Gasteiger partial charge in [0.1, 0.15) is 0 Å². The highest BCUT2D eigenvalue weighted by atomic mass is 79.9. The van der Waals surface area contributed by atoms with Crippen molar-refractivity contribution in [3.8, 4) is 0 Å². The average molecular weight is 358 g/mol. The Kier molecular flexibility index (Phi) is 9.92. The van der Waals surface area contributed by atoms with Crippen molar-refractivity contribution >= 4 is 15.9 Å². The summed E-state index contributed by atoms with van der Waals surface area (Å²) >= 11 is 3.43. The third-order valence-corrected chi connectivity index (χ3v) is 4.01. The molecule has 0 radical (unpaired) electrons. The summed E-state index contributed by atoms with van der Waals surface area (Å²) in [6.07, 6.45) is 4.35. The Morgan fingerprint density at radius 3 is 2.57 bits per heavy atom. The van der Waals surface area contributed by atoms with Gasteiger partial charge in [0.05, 0.1) is 12.7 Å². The molecular weight excluding hydrogens is 330 g/mol. The highest BCUT2D eigenvalue weighted by Crippen LogP contribution is 2.16. The molecule has 1 aromatic carbocycles. The van der Waals surface area contributed by atoms with Gasteiger partial charge in [-0.05, 0) is 31.0 Å². The molecular formula is C17H28BrNO2. The van der Waals surface area contributed by atoms with Gasteiger partial charge in [-0.3, -0.25) is 0 Å². The SMILES string of the molecule is CCCCCCOCC(O)CN[C@H](C)c1ccc(Br)cc1. The maximum absolute atomic E-state index is 9.90. The predicted molar refractivity (Wildman–Crippen MR) is 91.5 cm³/mol. The number of ether oxygens (including phenoxy) is 1. The Bertz CT molecular complexity index is 370. The topological polar surface area (TPSA) is 41.5 Å². The molecule has 1 rings (SSSR count). The Labute approximate surface area is 137 Å². The van der Waals surface area contributed by atoms with E-state index in [0.29, 0.717) is 13.2 Å². The van der Waals surface area contributed by atoms with Crippen molar-refractivity contribution in [2.24, 2.45) is 0 Å². The summed E-state index contributed by atoms with van der Waals surface area (Å²) in [7, 11) is 0. The van der Waals surface area contributed by atoms with Crippen molar-refractivity contribution in [2.45, 2.75) is 51.7 Å². The molecule has 0 heterocycles. The van der Waals surface area contributed by atoms with Crippen molar-refractivity contribution in [3.05, 3.63) is 34.3 Å². The van der Waals surface area contributed by atoms with Crippen LogP contribution in [0.3, 0.4) is 0 Å². The number of hydrogen-bond donors (Lipinski definition) is 2. The Balaban J connectivity index is 2.11. The quantitative estimate of drug-likeness (QED) is 0.586. The maximum Gasteiger partial charge on any atom is 0.0897 e. The lowest BCUT2D eigenvalue weighted by atomic mass is 10.1. The van der Waals surface area contributed by atoms with Crippen LogP contribution in [0.15, 0.2) is 28.7 Å². The summed E-state index contributed by atoms with van der Waals surface area (Å²) in [6, 6.07) is 8.45. The van der Waals surface area contributed by atoms with E-state index in [2.05, 4.69) is 47.2 Å². The fourth-order valence-corrected chi connectivity index (χ4v) is 2.36. The molecule has 3 nitrogen and oxygen atoms in total. The number of hydrogen-bond acceptors (Lipinski definition) is 3. The van der Waals surface area contributed by atoms with Gasteiger partial charge in [-0.2, -0.15) is 0 Å². The Hall–Kier alpha value is -0.420. The van der Waals surface area contributed by atoms with E-state index in [9.17, 15) is 5.11 Å². The summed E-state index contributed by atoms with van der Waals surface area (Å²) in [4.78, 5) is 0. The van der Waals surface area contributed by atoms with Gasteiger partial charge in [0.2, 0.25) is 0 Å². The van der Waals surface area contributed by atoms with Crippen molar-refractivity contribution in [1.82, 2.24) is 5.32 Å². The largest absolute Gasteiger partial charge is 0.389 e. The van der Waals surface area contributed by atoms with Crippen LogP contribution < -0.4 is 5.32 Å². The molecule has 21 heavy (non-hydrogen) atoms. The van der Waals surface area contributed by atoms with Gasteiger partial charge in [-0.25, -0.2) is 0 Å². The molecule has 0 aliphatic rings. The number of aliphatic hydroxyl groups is 1. The minimum atomic E-state index is -0.450. The molecule has 0 aliphatic heterocycles. The number of halogens is 1. The molecule has 0 spiro atoms. The number of benzene rings is 1. The Morgan fingerprint density at radius 1 is 1.19 bits per heavy atom. The highest BCUT2D eigenvalue weighted by molar-refractivity contribution is 9.10. The second-order valence-corrected chi connectivity index (χ2v) is 6.39. The zero-order valence-corrected chi connectivity index (χ0v) is 14.7. The van der Waals surface area contributed by atoms with Crippen LogP contribution in [-0.2, 0) is 4.74 Å². The lowest BCUT2D eigenvalue weighted by Crippen LogP contribution is -2.32. The highest BCUT2D eigenvalue weighted by Gasteiger charge is 2.08. The van der Waals surface area contributed by atoms with Crippen LogP contribution in [0.1, 0.15) is 51.1 Å². The molecule has 0 aliphatic carbocycles. The summed E-state index contributed by atoms with van der Waals surface area (Å²) in [6.45, 7) is 6.00.